The number of benzene rings is 3. The van der Waals surface area contributed by atoms with E-state index in [0.717, 1.165) is 22.2 Å². The zero-order valence-corrected chi connectivity index (χ0v) is 14.3. The van der Waals surface area contributed by atoms with Crippen LogP contribution in [-0.4, -0.2) is 9.78 Å². The van der Waals surface area contributed by atoms with E-state index in [0.29, 0.717) is 6.54 Å². The Hall–Kier alpha value is -2.94. The average molecular weight is 330 g/mol. The molecule has 0 saturated heterocycles. The lowest BCUT2D eigenvalue weighted by Gasteiger charge is -2.11. The second-order valence-electron chi connectivity index (χ2n) is 6.46. The summed E-state index contributed by atoms with van der Waals surface area (Å²) in [4.78, 5) is 0. The van der Waals surface area contributed by atoms with Gasteiger partial charge < -0.3 is 0 Å². The standard InChI is InChI=1S/C22H19FN2/c1-15-7-8-18(16(2)13-15)14-25-22(17-9-11-19(23)12-10-17)20-5-3-4-6-21(20)24-25/h3-13H,14H2,1-2H3. The fraction of sp³-hybridized carbons (Fsp3) is 0.136. The molecule has 1 aromatic heterocycles. The third-order valence-electron chi connectivity index (χ3n) is 4.58. The first kappa shape index (κ1) is 15.6. The summed E-state index contributed by atoms with van der Waals surface area (Å²) in [5.41, 5.74) is 6.69. The lowest BCUT2D eigenvalue weighted by Crippen LogP contribution is -2.05. The van der Waals surface area contributed by atoms with Crippen LogP contribution >= 0.6 is 0 Å². The summed E-state index contributed by atoms with van der Waals surface area (Å²) < 4.78 is 15.4. The summed E-state index contributed by atoms with van der Waals surface area (Å²) in [6.45, 7) is 4.92. The third-order valence-corrected chi connectivity index (χ3v) is 4.58. The number of aryl methyl sites for hydroxylation is 2. The van der Waals surface area contributed by atoms with Crippen LogP contribution in [0.25, 0.3) is 22.2 Å². The van der Waals surface area contributed by atoms with Crippen LogP contribution in [-0.2, 0) is 6.54 Å². The van der Waals surface area contributed by atoms with Crippen molar-refractivity contribution in [3.8, 4) is 11.3 Å². The van der Waals surface area contributed by atoms with Crippen LogP contribution in [0.1, 0.15) is 16.7 Å². The molecule has 3 heteroatoms. The predicted molar refractivity (Wildman–Crippen MR) is 100 cm³/mol. The summed E-state index contributed by atoms with van der Waals surface area (Å²) >= 11 is 0. The normalized spacial score (nSPS) is 11.2. The summed E-state index contributed by atoms with van der Waals surface area (Å²) in [6.07, 6.45) is 0. The van der Waals surface area contributed by atoms with Crippen molar-refractivity contribution >= 4 is 10.9 Å². The molecule has 1 heterocycles. The Labute approximate surface area is 146 Å². The second kappa shape index (κ2) is 6.17. The van der Waals surface area contributed by atoms with Gasteiger partial charge in [0, 0.05) is 10.9 Å². The van der Waals surface area contributed by atoms with Gasteiger partial charge in [0.1, 0.15) is 5.82 Å². The van der Waals surface area contributed by atoms with E-state index in [-0.39, 0.29) is 5.82 Å². The molecule has 0 radical (unpaired) electrons. The highest BCUT2D eigenvalue weighted by molar-refractivity contribution is 5.93. The molecule has 4 rings (SSSR count). The minimum Gasteiger partial charge on any atom is -0.259 e. The molecular formula is C22H19FN2. The fourth-order valence-electron chi connectivity index (χ4n) is 3.29. The van der Waals surface area contributed by atoms with E-state index in [1.54, 1.807) is 0 Å². The summed E-state index contributed by atoms with van der Waals surface area (Å²) in [5, 5.41) is 5.88. The van der Waals surface area contributed by atoms with Crippen molar-refractivity contribution in [2.24, 2.45) is 0 Å². The molecule has 2 nitrogen and oxygen atoms in total. The molecule has 0 saturated carbocycles. The SMILES string of the molecule is Cc1ccc(Cn2nc3ccccc3c2-c2ccc(F)cc2)c(C)c1. The summed E-state index contributed by atoms with van der Waals surface area (Å²) in [5.74, 6) is -0.228. The van der Waals surface area contributed by atoms with Crippen molar-refractivity contribution in [2.45, 2.75) is 20.4 Å². The van der Waals surface area contributed by atoms with Crippen LogP contribution in [0.5, 0.6) is 0 Å². The number of aromatic nitrogens is 2. The molecule has 124 valence electrons. The molecule has 0 amide bonds. The van der Waals surface area contributed by atoms with Gasteiger partial charge in [-0.05, 0) is 55.3 Å². The topological polar surface area (TPSA) is 17.8 Å². The molecule has 0 unspecified atom stereocenters. The lowest BCUT2D eigenvalue weighted by molar-refractivity contribution is 0.628. The van der Waals surface area contributed by atoms with Crippen LogP contribution in [0.3, 0.4) is 0 Å². The Morgan fingerprint density at radius 1 is 0.920 bits per heavy atom. The van der Waals surface area contributed by atoms with Crippen molar-refractivity contribution in [1.29, 1.82) is 0 Å². The molecule has 25 heavy (non-hydrogen) atoms. The largest absolute Gasteiger partial charge is 0.259 e. The first-order valence-corrected chi connectivity index (χ1v) is 8.39. The highest BCUT2D eigenvalue weighted by Crippen LogP contribution is 2.30. The highest BCUT2D eigenvalue weighted by atomic mass is 19.1. The molecule has 0 atom stereocenters. The van der Waals surface area contributed by atoms with E-state index in [4.69, 9.17) is 5.10 Å². The lowest BCUT2D eigenvalue weighted by atomic mass is 10.0. The number of fused-ring (bicyclic) bond motifs is 1. The van der Waals surface area contributed by atoms with E-state index < -0.39 is 0 Å². The zero-order chi connectivity index (χ0) is 17.4. The molecule has 0 spiro atoms. The maximum atomic E-state index is 13.4. The number of rotatable bonds is 3. The summed E-state index contributed by atoms with van der Waals surface area (Å²) in [6, 6.07) is 21.2. The quantitative estimate of drug-likeness (QED) is 0.484. The van der Waals surface area contributed by atoms with Crippen LogP contribution in [0.2, 0.25) is 0 Å². The van der Waals surface area contributed by atoms with Gasteiger partial charge >= 0.3 is 0 Å². The van der Waals surface area contributed by atoms with Gasteiger partial charge in [0.15, 0.2) is 0 Å². The molecule has 4 aromatic rings. The van der Waals surface area contributed by atoms with E-state index >= 15 is 0 Å². The maximum Gasteiger partial charge on any atom is 0.123 e. The van der Waals surface area contributed by atoms with Crippen LogP contribution in [0, 0.1) is 19.7 Å². The molecular weight excluding hydrogens is 311 g/mol. The van der Waals surface area contributed by atoms with E-state index in [1.807, 2.05) is 35.0 Å². The second-order valence-corrected chi connectivity index (χ2v) is 6.46. The van der Waals surface area contributed by atoms with Gasteiger partial charge in [0.25, 0.3) is 0 Å². The van der Waals surface area contributed by atoms with Crippen molar-refractivity contribution in [1.82, 2.24) is 9.78 Å². The van der Waals surface area contributed by atoms with Gasteiger partial charge in [-0.2, -0.15) is 5.10 Å². The van der Waals surface area contributed by atoms with Gasteiger partial charge in [-0.15, -0.1) is 0 Å². The minimum absolute atomic E-state index is 0.228. The smallest absolute Gasteiger partial charge is 0.123 e. The van der Waals surface area contributed by atoms with Gasteiger partial charge in [-0.3, -0.25) is 4.68 Å². The summed E-state index contributed by atoms with van der Waals surface area (Å²) in [7, 11) is 0. The first-order chi connectivity index (χ1) is 12.1. The molecule has 0 fully saturated rings. The van der Waals surface area contributed by atoms with Crippen molar-refractivity contribution in [3.63, 3.8) is 0 Å². The Morgan fingerprint density at radius 3 is 2.44 bits per heavy atom. The number of halogens is 1. The minimum atomic E-state index is -0.228. The maximum absolute atomic E-state index is 13.4. The monoisotopic (exact) mass is 330 g/mol. The van der Waals surface area contributed by atoms with Crippen molar-refractivity contribution < 1.29 is 4.39 Å². The van der Waals surface area contributed by atoms with Crippen molar-refractivity contribution in [3.05, 3.63) is 89.2 Å². The van der Waals surface area contributed by atoms with Gasteiger partial charge in [0.2, 0.25) is 0 Å². The number of nitrogens with zero attached hydrogens (tertiary/aromatic N) is 2. The van der Waals surface area contributed by atoms with E-state index in [1.165, 1.54) is 28.8 Å². The Balaban J connectivity index is 1.88. The zero-order valence-electron chi connectivity index (χ0n) is 14.3. The molecule has 0 N–H and O–H groups in total. The molecule has 0 aliphatic rings. The third kappa shape index (κ3) is 2.93. The molecule has 0 bridgehead atoms. The van der Waals surface area contributed by atoms with Gasteiger partial charge in [-0.25, -0.2) is 4.39 Å². The van der Waals surface area contributed by atoms with Crippen molar-refractivity contribution in [2.75, 3.05) is 0 Å². The Morgan fingerprint density at radius 2 is 1.68 bits per heavy atom. The fourth-order valence-corrected chi connectivity index (χ4v) is 3.29. The number of hydrogen-bond acceptors (Lipinski definition) is 1. The Bertz CT molecular complexity index is 1050. The predicted octanol–water partition coefficient (Wildman–Crippen LogP) is 5.51. The number of hydrogen-bond donors (Lipinski definition) is 0. The van der Waals surface area contributed by atoms with E-state index in [2.05, 4.69) is 38.1 Å². The van der Waals surface area contributed by atoms with Crippen LogP contribution in [0.15, 0.2) is 66.7 Å². The molecule has 0 aliphatic heterocycles. The first-order valence-electron chi connectivity index (χ1n) is 8.39. The Kier molecular flexibility index (Phi) is 3.85. The van der Waals surface area contributed by atoms with Gasteiger partial charge in [0.05, 0.1) is 17.8 Å². The van der Waals surface area contributed by atoms with Crippen LogP contribution in [0.4, 0.5) is 4.39 Å². The molecule has 3 aromatic carbocycles. The van der Waals surface area contributed by atoms with E-state index in [9.17, 15) is 4.39 Å². The van der Waals surface area contributed by atoms with Gasteiger partial charge in [-0.1, -0.05) is 42.0 Å². The molecule has 0 aliphatic carbocycles. The van der Waals surface area contributed by atoms with Crippen LogP contribution < -0.4 is 0 Å². The highest BCUT2D eigenvalue weighted by Gasteiger charge is 2.14. The average Bonchev–Trinajstić information content (AvgIpc) is 2.96.